The van der Waals surface area contributed by atoms with E-state index in [-0.39, 0.29) is 17.5 Å². The minimum absolute atomic E-state index is 0.0697. The van der Waals surface area contributed by atoms with Crippen molar-refractivity contribution in [1.29, 1.82) is 0 Å². The Labute approximate surface area is 130 Å². The van der Waals surface area contributed by atoms with Gasteiger partial charge in [-0.05, 0) is 43.0 Å². The molecule has 1 fully saturated rings. The number of rotatable bonds is 4. The third-order valence-electron chi connectivity index (χ3n) is 3.96. The van der Waals surface area contributed by atoms with Crippen LogP contribution in [0, 0.1) is 6.92 Å². The first-order chi connectivity index (χ1) is 9.87. The SMILES string of the molecule is Cc1c(CO)cc(Cl)cc1S(=O)(=O)N(C)C1CCOCC1. The summed E-state index contributed by atoms with van der Waals surface area (Å²) >= 11 is 5.98. The van der Waals surface area contributed by atoms with Crippen LogP contribution in [0.3, 0.4) is 0 Å². The average Bonchev–Trinajstić information content (AvgIpc) is 2.49. The van der Waals surface area contributed by atoms with Gasteiger partial charge in [0.1, 0.15) is 0 Å². The van der Waals surface area contributed by atoms with Crippen LogP contribution in [0.4, 0.5) is 0 Å². The quantitative estimate of drug-likeness (QED) is 0.914. The zero-order valence-corrected chi connectivity index (χ0v) is 13.7. The second-order valence-corrected chi connectivity index (χ2v) is 7.61. The van der Waals surface area contributed by atoms with E-state index in [0.717, 1.165) is 0 Å². The molecule has 0 bridgehead atoms. The monoisotopic (exact) mass is 333 g/mol. The second kappa shape index (κ2) is 6.62. The molecule has 1 saturated heterocycles. The largest absolute Gasteiger partial charge is 0.392 e. The number of ether oxygens (including phenoxy) is 1. The van der Waals surface area contributed by atoms with Crippen LogP contribution >= 0.6 is 11.6 Å². The number of halogens is 1. The number of nitrogens with zero attached hydrogens (tertiary/aromatic N) is 1. The maximum absolute atomic E-state index is 12.8. The van der Waals surface area contributed by atoms with Crippen LogP contribution in [-0.2, 0) is 21.4 Å². The summed E-state index contributed by atoms with van der Waals surface area (Å²) in [5, 5.41) is 9.65. The summed E-state index contributed by atoms with van der Waals surface area (Å²) in [6, 6.07) is 2.96. The van der Waals surface area contributed by atoms with Crippen LogP contribution in [0.5, 0.6) is 0 Å². The van der Waals surface area contributed by atoms with E-state index in [1.807, 2.05) is 0 Å². The van der Waals surface area contributed by atoms with E-state index in [4.69, 9.17) is 16.3 Å². The Balaban J connectivity index is 2.41. The van der Waals surface area contributed by atoms with Crippen LogP contribution in [0.15, 0.2) is 17.0 Å². The van der Waals surface area contributed by atoms with Gasteiger partial charge in [0.25, 0.3) is 0 Å². The Morgan fingerprint density at radius 3 is 2.57 bits per heavy atom. The van der Waals surface area contributed by atoms with Crippen LogP contribution in [0.1, 0.15) is 24.0 Å². The molecule has 1 aromatic carbocycles. The van der Waals surface area contributed by atoms with Gasteiger partial charge in [-0.15, -0.1) is 0 Å². The number of hydrogen-bond acceptors (Lipinski definition) is 4. The molecule has 0 aliphatic carbocycles. The van der Waals surface area contributed by atoms with Crippen LogP contribution in [-0.4, -0.2) is 44.1 Å². The van der Waals surface area contributed by atoms with Gasteiger partial charge in [0.05, 0.1) is 11.5 Å². The van der Waals surface area contributed by atoms with Gasteiger partial charge in [0, 0.05) is 31.3 Å². The van der Waals surface area contributed by atoms with E-state index < -0.39 is 10.0 Å². The Morgan fingerprint density at radius 1 is 1.38 bits per heavy atom. The maximum Gasteiger partial charge on any atom is 0.243 e. The molecular formula is C14H20ClNO4S. The number of aliphatic hydroxyl groups is 1. The summed E-state index contributed by atoms with van der Waals surface area (Å²) in [5.41, 5.74) is 1.07. The van der Waals surface area contributed by atoms with E-state index in [1.165, 1.54) is 10.4 Å². The Kier molecular flexibility index (Phi) is 5.27. The zero-order valence-electron chi connectivity index (χ0n) is 12.2. The summed E-state index contributed by atoms with van der Waals surface area (Å²) < 4.78 is 32.3. The molecule has 0 atom stereocenters. The Bertz CT molecular complexity index is 612. The highest BCUT2D eigenvalue weighted by Crippen LogP contribution is 2.29. The molecular weight excluding hydrogens is 314 g/mol. The first-order valence-electron chi connectivity index (χ1n) is 6.83. The molecule has 118 valence electrons. The molecule has 7 heteroatoms. The molecule has 0 saturated carbocycles. The average molecular weight is 334 g/mol. The predicted molar refractivity (Wildman–Crippen MR) is 80.9 cm³/mol. The molecule has 1 N–H and O–H groups in total. The standard InChI is InChI=1S/C14H20ClNO4S/c1-10-11(9-17)7-12(15)8-14(10)21(18,19)16(2)13-3-5-20-6-4-13/h7-8,13,17H,3-6,9H2,1-2H3. The van der Waals surface area contributed by atoms with Gasteiger partial charge in [-0.3, -0.25) is 0 Å². The highest BCUT2D eigenvalue weighted by Gasteiger charge is 2.31. The third kappa shape index (κ3) is 3.40. The van der Waals surface area contributed by atoms with Crippen molar-refractivity contribution >= 4 is 21.6 Å². The van der Waals surface area contributed by atoms with Crippen molar-refractivity contribution in [2.24, 2.45) is 0 Å². The molecule has 2 rings (SSSR count). The maximum atomic E-state index is 12.8. The lowest BCUT2D eigenvalue weighted by atomic mass is 10.1. The van der Waals surface area contributed by atoms with Gasteiger partial charge in [-0.2, -0.15) is 4.31 Å². The van der Waals surface area contributed by atoms with Gasteiger partial charge in [-0.1, -0.05) is 11.6 Å². The normalized spacial score (nSPS) is 17.4. The van der Waals surface area contributed by atoms with Crippen molar-refractivity contribution in [3.05, 3.63) is 28.3 Å². The van der Waals surface area contributed by atoms with E-state index >= 15 is 0 Å². The van der Waals surface area contributed by atoms with E-state index in [1.54, 1.807) is 20.0 Å². The molecule has 1 aromatic rings. The van der Waals surface area contributed by atoms with Crippen LogP contribution in [0.2, 0.25) is 5.02 Å². The minimum atomic E-state index is -3.64. The molecule has 1 aliphatic rings. The highest BCUT2D eigenvalue weighted by atomic mass is 35.5. The summed E-state index contributed by atoms with van der Waals surface area (Å²) in [6.45, 7) is 2.59. The molecule has 0 unspecified atom stereocenters. The van der Waals surface area contributed by atoms with Crippen molar-refractivity contribution < 1.29 is 18.3 Å². The van der Waals surface area contributed by atoms with Crippen LogP contribution < -0.4 is 0 Å². The van der Waals surface area contributed by atoms with Crippen LogP contribution in [0.25, 0.3) is 0 Å². The molecule has 0 radical (unpaired) electrons. The zero-order chi connectivity index (χ0) is 15.6. The minimum Gasteiger partial charge on any atom is -0.392 e. The third-order valence-corrected chi connectivity index (χ3v) is 6.22. The molecule has 0 spiro atoms. The fourth-order valence-corrected chi connectivity index (χ4v) is 4.55. The topological polar surface area (TPSA) is 66.8 Å². The summed E-state index contributed by atoms with van der Waals surface area (Å²) in [5.74, 6) is 0. The predicted octanol–water partition coefficient (Wildman–Crippen LogP) is 1.94. The molecule has 1 heterocycles. The lowest BCUT2D eigenvalue weighted by Crippen LogP contribution is -2.40. The lowest BCUT2D eigenvalue weighted by Gasteiger charge is -2.31. The molecule has 1 aliphatic heterocycles. The second-order valence-electron chi connectivity index (χ2n) is 5.21. The molecule has 0 aromatic heterocycles. The fraction of sp³-hybridized carbons (Fsp3) is 0.571. The van der Waals surface area contributed by atoms with Crippen molar-refractivity contribution in [2.45, 2.75) is 37.3 Å². The fourth-order valence-electron chi connectivity index (χ4n) is 2.54. The van der Waals surface area contributed by atoms with Gasteiger partial charge >= 0.3 is 0 Å². The van der Waals surface area contributed by atoms with Gasteiger partial charge in [-0.25, -0.2) is 8.42 Å². The number of aliphatic hydroxyl groups excluding tert-OH is 1. The van der Waals surface area contributed by atoms with E-state index in [9.17, 15) is 13.5 Å². The first kappa shape index (κ1) is 16.7. The van der Waals surface area contributed by atoms with Gasteiger partial charge in [0.2, 0.25) is 10.0 Å². The van der Waals surface area contributed by atoms with Gasteiger partial charge in [0.15, 0.2) is 0 Å². The number of hydrogen-bond donors (Lipinski definition) is 1. The Morgan fingerprint density at radius 2 is 2.00 bits per heavy atom. The summed E-state index contributed by atoms with van der Waals surface area (Å²) in [7, 11) is -2.05. The summed E-state index contributed by atoms with van der Waals surface area (Å²) in [6.07, 6.45) is 1.37. The first-order valence-corrected chi connectivity index (χ1v) is 8.65. The van der Waals surface area contributed by atoms with Crippen molar-refractivity contribution in [3.8, 4) is 0 Å². The smallest absolute Gasteiger partial charge is 0.243 e. The molecule has 21 heavy (non-hydrogen) atoms. The molecule has 5 nitrogen and oxygen atoms in total. The highest BCUT2D eigenvalue weighted by molar-refractivity contribution is 7.89. The van der Waals surface area contributed by atoms with E-state index in [0.29, 0.717) is 42.2 Å². The summed E-state index contributed by atoms with van der Waals surface area (Å²) in [4.78, 5) is 0.160. The van der Waals surface area contributed by atoms with Crippen molar-refractivity contribution in [3.63, 3.8) is 0 Å². The molecule has 0 amide bonds. The Hall–Kier alpha value is -0.660. The van der Waals surface area contributed by atoms with E-state index in [2.05, 4.69) is 0 Å². The number of benzene rings is 1. The number of sulfonamides is 1. The van der Waals surface area contributed by atoms with Crippen molar-refractivity contribution in [1.82, 2.24) is 4.31 Å². The van der Waals surface area contributed by atoms with Gasteiger partial charge < -0.3 is 9.84 Å². The lowest BCUT2D eigenvalue weighted by molar-refractivity contribution is 0.0632. The van der Waals surface area contributed by atoms with Crippen molar-refractivity contribution in [2.75, 3.05) is 20.3 Å².